The first-order valence-corrected chi connectivity index (χ1v) is 7.38. The molecule has 1 aromatic carbocycles. The van der Waals surface area contributed by atoms with Gasteiger partial charge in [-0.05, 0) is 19.1 Å². The summed E-state index contributed by atoms with van der Waals surface area (Å²) in [6, 6.07) is 3.61. The Bertz CT molecular complexity index is 494. The first kappa shape index (κ1) is 15.4. The van der Waals surface area contributed by atoms with E-state index in [0.717, 1.165) is 12.0 Å². The SMILES string of the molecule is CCOC(=O)CCNC1CCOc2c(Cl)cc(Cl)cc21. The lowest BCUT2D eigenvalue weighted by Gasteiger charge is -2.27. The molecule has 0 amide bonds. The minimum absolute atomic E-state index is 0.0874. The molecule has 110 valence electrons. The standard InChI is InChI=1S/C14H17Cl2NO3/c1-2-19-13(18)3-5-17-12-4-6-20-14-10(12)7-9(15)8-11(14)16/h7-8,12,17H,2-6H2,1H3. The van der Waals surface area contributed by atoms with Crippen molar-refractivity contribution in [2.75, 3.05) is 19.8 Å². The van der Waals surface area contributed by atoms with Crippen LogP contribution in [0.5, 0.6) is 5.75 Å². The van der Waals surface area contributed by atoms with E-state index in [9.17, 15) is 4.79 Å². The molecule has 0 saturated carbocycles. The van der Waals surface area contributed by atoms with Crippen molar-refractivity contribution in [2.45, 2.75) is 25.8 Å². The van der Waals surface area contributed by atoms with E-state index in [4.69, 9.17) is 32.7 Å². The van der Waals surface area contributed by atoms with Gasteiger partial charge in [-0.25, -0.2) is 0 Å². The van der Waals surface area contributed by atoms with Crippen LogP contribution in [0.15, 0.2) is 12.1 Å². The van der Waals surface area contributed by atoms with E-state index in [1.165, 1.54) is 0 Å². The van der Waals surface area contributed by atoms with E-state index in [1.54, 1.807) is 13.0 Å². The predicted molar refractivity (Wildman–Crippen MR) is 78.6 cm³/mol. The van der Waals surface area contributed by atoms with E-state index < -0.39 is 0 Å². The molecule has 0 aliphatic carbocycles. The molecule has 1 N–H and O–H groups in total. The number of rotatable bonds is 5. The molecule has 6 heteroatoms. The number of hydrogen-bond donors (Lipinski definition) is 1. The molecule has 20 heavy (non-hydrogen) atoms. The Morgan fingerprint density at radius 3 is 3.05 bits per heavy atom. The molecule has 1 aliphatic heterocycles. The lowest BCUT2D eigenvalue weighted by Crippen LogP contribution is -2.29. The van der Waals surface area contributed by atoms with Gasteiger partial charge in [0.25, 0.3) is 0 Å². The number of halogens is 2. The zero-order valence-electron chi connectivity index (χ0n) is 11.2. The number of carbonyl (C=O) groups is 1. The van der Waals surface area contributed by atoms with Crippen molar-refractivity contribution >= 4 is 29.2 Å². The van der Waals surface area contributed by atoms with Crippen LogP contribution in [0.25, 0.3) is 0 Å². The normalized spacial score (nSPS) is 17.2. The molecule has 1 aliphatic rings. The van der Waals surface area contributed by atoms with Gasteiger partial charge in [0, 0.05) is 29.6 Å². The second-order valence-corrected chi connectivity index (χ2v) is 5.35. The Morgan fingerprint density at radius 2 is 2.30 bits per heavy atom. The van der Waals surface area contributed by atoms with E-state index >= 15 is 0 Å². The monoisotopic (exact) mass is 317 g/mol. The van der Waals surface area contributed by atoms with Crippen LogP contribution in [0.3, 0.4) is 0 Å². The molecular formula is C14H17Cl2NO3. The predicted octanol–water partition coefficient (Wildman–Crippen LogP) is 3.36. The highest BCUT2D eigenvalue weighted by molar-refractivity contribution is 6.35. The maximum Gasteiger partial charge on any atom is 0.307 e. The number of ether oxygens (including phenoxy) is 2. The lowest BCUT2D eigenvalue weighted by atomic mass is 10.0. The van der Waals surface area contributed by atoms with Crippen LogP contribution >= 0.6 is 23.2 Å². The Hall–Kier alpha value is -0.970. The summed E-state index contributed by atoms with van der Waals surface area (Å²) in [7, 11) is 0. The van der Waals surface area contributed by atoms with E-state index in [2.05, 4.69) is 5.32 Å². The summed E-state index contributed by atoms with van der Waals surface area (Å²) in [6.45, 7) is 3.34. The molecule has 0 bridgehead atoms. The van der Waals surface area contributed by atoms with Gasteiger partial charge >= 0.3 is 5.97 Å². The van der Waals surface area contributed by atoms with Crippen molar-refractivity contribution < 1.29 is 14.3 Å². The van der Waals surface area contributed by atoms with Gasteiger partial charge in [-0.2, -0.15) is 0 Å². The van der Waals surface area contributed by atoms with Crippen LogP contribution in [0.4, 0.5) is 0 Å². The van der Waals surface area contributed by atoms with E-state index in [1.807, 2.05) is 6.07 Å². The van der Waals surface area contributed by atoms with Gasteiger partial charge in [0.05, 0.1) is 24.7 Å². The zero-order valence-corrected chi connectivity index (χ0v) is 12.8. The maximum atomic E-state index is 11.3. The molecule has 1 atom stereocenters. The van der Waals surface area contributed by atoms with Crippen LogP contribution in [-0.2, 0) is 9.53 Å². The van der Waals surface area contributed by atoms with Crippen molar-refractivity contribution in [3.63, 3.8) is 0 Å². The van der Waals surface area contributed by atoms with Crippen LogP contribution in [0.2, 0.25) is 10.0 Å². The Morgan fingerprint density at radius 1 is 1.50 bits per heavy atom. The van der Waals surface area contributed by atoms with Gasteiger partial charge in [0.1, 0.15) is 5.75 Å². The summed E-state index contributed by atoms with van der Waals surface area (Å²) in [5.74, 6) is 0.479. The largest absolute Gasteiger partial charge is 0.492 e. The summed E-state index contributed by atoms with van der Waals surface area (Å²) in [6.07, 6.45) is 1.15. The molecule has 0 radical (unpaired) electrons. The molecule has 1 heterocycles. The number of benzene rings is 1. The maximum absolute atomic E-state index is 11.3. The van der Waals surface area contributed by atoms with Crippen molar-refractivity contribution in [1.29, 1.82) is 0 Å². The third-order valence-corrected chi connectivity index (χ3v) is 3.59. The number of fused-ring (bicyclic) bond motifs is 1. The average molecular weight is 318 g/mol. The fraction of sp³-hybridized carbons (Fsp3) is 0.500. The van der Waals surface area contributed by atoms with Crippen LogP contribution in [0, 0.1) is 0 Å². The molecule has 2 rings (SSSR count). The first-order valence-electron chi connectivity index (χ1n) is 6.62. The summed E-state index contributed by atoms with van der Waals surface area (Å²) >= 11 is 12.2. The zero-order chi connectivity index (χ0) is 14.5. The number of esters is 1. The van der Waals surface area contributed by atoms with E-state index in [-0.39, 0.29) is 12.0 Å². The molecule has 0 fully saturated rings. The fourth-order valence-corrected chi connectivity index (χ4v) is 2.78. The van der Waals surface area contributed by atoms with Crippen LogP contribution < -0.4 is 10.1 Å². The average Bonchev–Trinajstić information content (AvgIpc) is 2.39. The molecule has 0 spiro atoms. The van der Waals surface area contributed by atoms with Gasteiger partial charge < -0.3 is 14.8 Å². The third-order valence-electron chi connectivity index (χ3n) is 3.09. The summed E-state index contributed by atoms with van der Waals surface area (Å²) in [5.41, 5.74) is 0.942. The van der Waals surface area contributed by atoms with Crippen LogP contribution in [0.1, 0.15) is 31.4 Å². The smallest absolute Gasteiger partial charge is 0.307 e. The van der Waals surface area contributed by atoms with Gasteiger partial charge in [-0.3, -0.25) is 4.79 Å². The quantitative estimate of drug-likeness (QED) is 0.846. The van der Waals surface area contributed by atoms with Gasteiger partial charge in [-0.1, -0.05) is 23.2 Å². The third kappa shape index (κ3) is 3.78. The molecule has 0 saturated heterocycles. The number of nitrogens with one attached hydrogen (secondary N) is 1. The first-order chi connectivity index (χ1) is 9.61. The molecule has 4 nitrogen and oxygen atoms in total. The van der Waals surface area contributed by atoms with Crippen molar-refractivity contribution in [1.82, 2.24) is 5.32 Å². The Kier molecular flexibility index (Phi) is 5.52. The molecule has 1 unspecified atom stereocenters. The topological polar surface area (TPSA) is 47.6 Å². The summed E-state index contributed by atoms with van der Waals surface area (Å²) in [4.78, 5) is 11.3. The van der Waals surface area contributed by atoms with E-state index in [0.29, 0.717) is 42.0 Å². The molecule has 0 aromatic heterocycles. The lowest BCUT2D eigenvalue weighted by molar-refractivity contribution is -0.143. The van der Waals surface area contributed by atoms with Crippen molar-refractivity contribution in [2.24, 2.45) is 0 Å². The van der Waals surface area contributed by atoms with Crippen molar-refractivity contribution in [3.05, 3.63) is 27.7 Å². The highest BCUT2D eigenvalue weighted by Gasteiger charge is 2.24. The second-order valence-electron chi connectivity index (χ2n) is 4.50. The van der Waals surface area contributed by atoms with Crippen LogP contribution in [-0.4, -0.2) is 25.7 Å². The highest BCUT2D eigenvalue weighted by atomic mass is 35.5. The second kappa shape index (κ2) is 7.16. The minimum atomic E-state index is -0.198. The van der Waals surface area contributed by atoms with Crippen molar-refractivity contribution in [3.8, 4) is 5.75 Å². The summed E-state index contributed by atoms with van der Waals surface area (Å²) < 4.78 is 10.5. The summed E-state index contributed by atoms with van der Waals surface area (Å²) in [5, 5.41) is 4.42. The minimum Gasteiger partial charge on any atom is -0.492 e. The van der Waals surface area contributed by atoms with Gasteiger partial charge in [0.2, 0.25) is 0 Å². The molecular weight excluding hydrogens is 301 g/mol. The fourth-order valence-electron chi connectivity index (χ4n) is 2.22. The number of carbonyl (C=O) groups excluding carboxylic acids is 1. The van der Waals surface area contributed by atoms with Gasteiger partial charge in [-0.15, -0.1) is 0 Å². The molecule has 1 aromatic rings. The Balaban J connectivity index is 2.00. The number of hydrogen-bond acceptors (Lipinski definition) is 4. The van der Waals surface area contributed by atoms with Gasteiger partial charge in [0.15, 0.2) is 0 Å². The highest BCUT2D eigenvalue weighted by Crippen LogP contribution is 2.39. The Labute approximate surface area is 128 Å².